The first-order valence-corrected chi connectivity index (χ1v) is 24.2. The van der Waals surface area contributed by atoms with Gasteiger partial charge in [-0.15, -0.1) is 0 Å². The molecule has 0 aliphatic heterocycles. The van der Waals surface area contributed by atoms with Crippen LogP contribution in [0.4, 0.5) is 17.1 Å². The van der Waals surface area contributed by atoms with Crippen LogP contribution in [0.2, 0.25) is 0 Å². The Morgan fingerprint density at radius 2 is 0.667 bits per heavy atom. The van der Waals surface area contributed by atoms with Crippen molar-refractivity contribution < 1.29 is 0 Å². The van der Waals surface area contributed by atoms with Crippen molar-refractivity contribution >= 4 is 27.8 Å². The molecule has 69 heavy (non-hydrogen) atoms. The van der Waals surface area contributed by atoms with Crippen LogP contribution in [0, 0.1) is 0 Å². The largest absolute Gasteiger partial charge is 0.310 e. The van der Waals surface area contributed by atoms with Crippen LogP contribution in [0.5, 0.6) is 0 Å². The molecule has 0 saturated carbocycles. The molecule has 0 radical (unpaired) electrons. The Kier molecular flexibility index (Phi) is 9.49. The summed E-state index contributed by atoms with van der Waals surface area (Å²) in [6, 6.07) is 96.8. The van der Waals surface area contributed by atoms with E-state index >= 15 is 0 Å². The van der Waals surface area contributed by atoms with Gasteiger partial charge in [-0.25, -0.2) is 0 Å². The minimum Gasteiger partial charge on any atom is -0.310 e. The van der Waals surface area contributed by atoms with Gasteiger partial charge < -0.3 is 4.90 Å². The number of nitrogens with zero attached hydrogens (tertiary/aromatic N) is 1. The molecule has 0 bridgehead atoms. The van der Waals surface area contributed by atoms with E-state index in [1.165, 1.54) is 99.8 Å². The van der Waals surface area contributed by atoms with E-state index in [9.17, 15) is 0 Å². The van der Waals surface area contributed by atoms with Gasteiger partial charge in [0.2, 0.25) is 0 Å². The van der Waals surface area contributed by atoms with Crippen molar-refractivity contribution in [3.8, 4) is 55.6 Å². The third kappa shape index (κ3) is 6.53. The summed E-state index contributed by atoms with van der Waals surface area (Å²) < 4.78 is 0. The van der Waals surface area contributed by atoms with E-state index in [2.05, 4.69) is 280 Å². The van der Waals surface area contributed by atoms with Gasteiger partial charge in [-0.2, -0.15) is 0 Å². The average molecular weight is 880 g/mol. The first-order valence-electron chi connectivity index (χ1n) is 24.2. The molecule has 11 aromatic carbocycles. The Bertz CT molecular complexity index is 3680. The Hall–Kier alpha value is -8.52. The number of benzene rings is 11. The van der Waals surface area contributed by atoms with E-state index in [4.69, 9.17) is 0 Å². The maximum Gasteiger partial charge on any atom is 0.0714 e. The highest BCUT2D eigenvalue weighted by molar-refractivity contribution is 5.93. The molecule has 0 unspecified atom stereocenters. The summed E-state index contributed by atoms with van der Waals surface area (Å²) in [4.78, 5) is 2.48. The minimum atomic E-state index is -0.518. The molecule has 326 valence electrons. The van der Waals surface area contributed by atoms with Crippen LogP contribution in [-0.4, -0.2) is 0 Å². The number of hydrogen-bond donors (Lipinski definition) is 0. The summed E-state index contributed by atoms with van der Waals surface area (Å²) in [6.45, 7) is 4.79. The van der Waals surface area contributed by atoms with Gasteiger partial charge in [-0.1, -0.05) is 226 Å². The molecule has 0 N–H and O–H groups in total. The topological polar surface area (TPSA) is 3.24 Å². The molecule has 0 aromatic heterocycles. The molecule has 13 rings (SSSR count). The fourth-order valence-electron chi connectivity index (χ4n) is 11.7. The molecule has 11 aromatic rings. The lowest BCUT2D eigenvalue weighted by atomic mass is 9.67. The van der Waals surface area contributed by atoms with Crippen LogP contribution < -0.4 is 4.90 Å². The van der Waals surface area contributed by atoms with Crippen LogP contribution in [-0.2, 0) is 10.8 Å². The number of hydrogen-bond acceptors (Lipinski definition) is 1. The number of fused-ring (bicyclic) bond motifs is 7. The van der Waals surface area contributed by atoms with Crippen molar-refractivity contribution in [1.82, 2.24) is 0 Å². The van der Waals surface area contributed by atoms with Gasteiger partial charge in [0, 0.05) is 22.5 Å². The molecule has 0 fully saturated rings. The lowest BCUT2D eigenvalue weighted by molar-refractivity contribution is 0.660. The smallest absolute Gasteiger partial charge is 0.0714 e. The fourth-order valence-corrected chi connectivity index (χ4v) is 11.7. The van der Waals surface area contributed by atoms with Crippen LogP contribution in [0.3, 0.4) is 0 Å². The Balaban J connectivity index is 0.962. The van der Waals surface area contributed by atoms with Crippen molar-refractivity contribution in [2.45, 2.75) is 24.7 Å². The second kappa shape index (κ2) is 16.1. The van der Waals surface area contributed by atoms with Gasteiger partial charge >= 0.3 is 0 Å². The highest BCUT2D eigenvalue weighted by Gasteiger charge is 2.46. The molecule has 1 nitrogen and oxygen atoms in total. The normalized spacial score (nSPS) is 13.6. The Morgan fingerprint density at radius 3 is 1.30 bits per heavy atom. The summed E-state index contributed by atoms with van der Waals surface area (Å²) in [5.74, 6) is 0. The van der Waals surface area contributed by atoms with E-state index in [-0.39, 0.29) is 5.41 Å². The molecule has 0 heterocycles. The number of rotatable bonds is 8. The predicted octanol–water partition coefficient (Wildman–Crippen LogP) is 18.0. The van der Waals surface area contributed by atoms with Crippen molar-refractivity contribution in [2.75, 3.05) is 4.90 Å². The lowest BCUT2D eigenvalue weighted by Gasteiger charge is -2.35. The third-order valence-corrected chi connectivity index (χ3v) is 15.2. The summed E-state index contributed by atoms with van der Waals surface area (Å²) >= 11 is 0. The molecule has 2 aliphatic carbocycles. The van der Waals surface area contributed by atoms with E-state index in [0.717, 1.165) is 17.1 Å². The molecular weight excluding hydrogens is 831 g/mol. The maximum atomic E-state index is 2.48. The molecule has 2 aliphatic rings. The summed E-state index contributed by atoms with van der Waals surface area (Å²) in [7, 11) is 0. The fraction of sp³-hybridized carbons (Fsp3) is 0.0588. The van der Waals surface area contributed by atoms with Crippen LogP contribution in [0.1, 0.15) is 47.2 Å². The first kappa shape index (κ1) is 40.7. The highest BCUT2D eigenvalue weighted by atomic mass is 15.1. The van der Waals surface area contributed by atoms with Crippen LogP contribution in [0.15, 0.2) is 261 Å². The lowest BCUT2D eigenvalue weighted by Crippen LogP contribution is -2.28. The molecule has 0 atom stereocenters. The van der Waals surface area contributed by atoms with Crippen molar-refractivity contribution in [3.63, 3.8) is 0 Å². The maximum absolute atomic E-state index is 2.48. The molecule has 1 heteroatoms. The molecule has 0 saturated heterocycles. The van der Waals surface area contributed by atoms with Gasteiger partial charge in [-0.05, 0) is 148 Å². The van der Waals surface area contributed by atoms with E-state index < -0.39 is 5.41 Å². The minimum absolute atomic E-state index is 0.232. The zero-order valence-electron chi connectivity index (χ0n) is 38.8. The van der Waals surface area contributed by atoms with Crippen LogP contribution >= 0.6 is 0 Å². The van der Waals surface area contributed by atoms with E-state index in [0.29, 0.717) is 0 Å². The SMILES string of the molecule is CC1(C)c2cc(-c3ccc4ccccc4c3)ccc2-c2ccc(N(c3ccc(-c4ccc(-c5ccccc5)cc4)cc3)c3ccc4c(c3)C(c3ccccc3)(c3ccccc3)c3ccccc3-4)cc21. The second-order valence-corrected chi connectivity index (χ2v) is 19.3. The predicted molar refractivity (Wildman–Crippen MR) is 290 cm³/mol. The third-order valence-electron chi connectivity index (χ3n) is 15.2. The highest BCUT2D eigenvalue weighted by Crippen LogP contribution is 2.58. The first-order chi connectivity index (χ1) is 33.9. The van der Waals surface area contributed by atoms with E-state index in [1.54, 1.807) is 0 Å². The molecular formula is C68H49N. The van der Waals surface area contributed by atoms with Gasteiger partial charge in [0.1, 0.15) is 0 Å². The van der Waals surface area contributed by atoms with Crippen molar-refractivity contribution in [1.29, 1.82) is 0 Å². The Labute approximate surface area is 405 Å². The summed E-state index contributed by atoms with van der Waals surface area (Å²) in [5.41, 5.74) is 22.9. The van der Waals surface area contributed by atoms with Gasteiger partial charge in [-0.3, -0.25) is 0 Å². The van der Waals surface area contributed by atoms with E-state index in [1.807, 2.05) is 0 Å². The van der Waals surface area contributed by atoms with Crippen LogP contribution in [0.25, 0.3) is 66.4 Å². The average Bonchev–Trinajstić information content (AvgIpc) is 3.84. The van der Waals surface area contributed by atoms with Gasteiger partial charge in [0.25, 0.3) is 0 Å². The summed E-state index contributed by atoms with van der Waals surface area (Å²) in [5, 5.41) is 2.52. The standard InChI is InChI=1S/C68H49N/c1-67(2)64-43-53(52-31-30-47-18-12-13-19-51(47)42-52)34-39-60(64)61-40-37-57(44-65(61)67)69(56-35-32-50(33-36-56)49-28-26-48(27-29-49)46-16-6-3-7-17-46)58-38-41-62-59-24-14-15-25-63(59)68(66(62)45-58,54-20-8-4-9-21-54)55-22-10-5-11-23-55/h3-45H,1-2H3. The second-order valence-electron chi connectivity index (χ2n) is 19.3. The number of anilines is 3. The molecule has 0 amide bonds. The quantitative estimate of drug-likeness (QED) is 0.147. The zero-order chi connectivity index (χ0) is 46.1. The Morgan fingerprint density at radius 1 is 0.261 bits per heavy atom. The monoisotopic (exact) mass is 879 g/mol. The van der Waals surface area contributed by atoms with Gasteiger partial charge in [0.05, 0.1) is 5.41 Å². The van der Waals surface area contributed by atoms with Crippen molar-refractivity contribution in [3.05, 3.63) is 294 Å². The molecule has 0 spiro atoms. The zero-order valence-corrected chi connectivity index (χ0v) is 38.8. The summed E-state index contributed by atoms with van der Waals surface area (Å²) in [6.07, 6.45) is 0. The van der Waals surface area contributed by atoms with Crippen molar-refractivity contribution in [2.24, 2.45) is 0 Å². The van der Waals surface area contributed by atoms with Gasteiger partial charge in [0.15, 0.2) is 0 Å².